The first kappa shape index (κ1) is 14.2. The molecule has 1 N–H and O–H groups in total. The van der Waals surface area contributed by atoms with Gasteiger partial charge in [0.15, 0.2) is 0 Å². The van der Waals surface area contributed by atoms with Crippen LogP contribution in [0, 0.1) is 0 Å². The van der Waals surface area contributed by atoms with Crippen LogP contribution in [0.3, 0.4) is 0 Å². The number of rotatable bonds is 5. The van der Waals surface area contributed by atoms with Crippen LogP contribution in [0.15, 0.2) is 59.2 Å². The Balaban J connectivity index is 1.74. The number of hydrogen-bond donors (Lipinski definition) is 1. The van der Waals surface area contributed by atoms with Gasteiger partial charge in [-0.3, -0.25) is 0 Å². The minimum Gasteiger partial charge on any atom is -0.464 e. The van der Waals surface area contributed by atoms with E-state index in [-0.39, 0.29) is 0 Å². The van der Waals surface area contributed by atoms with Crippen molar-refractivity contribution in [2.45, 2.75) is 25.9 Å². The summed E-state index contributed by atoms with van der Waals surface area (Å²) in [7, 11) is 0. The van der Waals surface area contributed by atoms with Crippen molar-refractivity contribution in [2.24, 2.45) is 0 Å². The van der Waals surface area contributed by atoms with E-state index in [0.29, 0.717) is 6.04 Å². The summed E-state index contributed by atoms with van der Waals surface area (Å²) in [4.78, 5) is 0. The first-order valence-corrected chi connectivity index (χ1v) is 7.59. The van der Waals surface area contributed by atoms with Crippen LogP contribution in [0.4, 0.5) is 0 Å². The molecule has 0 aliphatic carbocycles. The third kappa shape index (κ3) is 3.12. The lowest BCUT2D eigenvalue weighted by Crippen LogP contribution is -2.20. The number of halogens is 1. The fourth-order valence-electron chi connectivity index (χ4n) is 2.60. The van der Waals surface area contributed by atoms with Gasteiger partial charge in [-0.1, -0.05) is 48.9 Å². The van der Waals surface area contributed by atoms with Gasteiger partial charge in [0.1, 0.15) is 5.58 Å². The minimum atomic E-state index is 0.316. The first-order chi connectivity index (χ1) is 10.3. The van der Waals surface area contributed by atoms with Crippen LogP contribution in [0.5, 0.6) is 0 Å². The molecule has 0 aliphatic rings. The molecule has 21 heavy (non-hydrogen) atoms. The maximum Gasteiger partial charge on any atom is 0.134 e. The summed E-state index contributed by atoms with van der Waals surface area (Å²) in [6, 6.07) is 16.5. The molecule has 1 aromatic heterocycles. The summed E-state index contributed by atoms with van der Waals surface area (Å²) < 4.78 is 5.58. The smallest absolute Gasteiger partial charge is 0.134 e. The van der Waals surface area contributed by atoms with Crippen LogP contribution in [0.25, 0.3) is 11.0 Å². The second-order valence-corrected chi connectivity index (χ2v) is 5.59. The molecule has 0 spiro atoms. The van der Waals surface area contributed by atoms with Crippen molar-refractivity contribution >= 4 is 22.6 Å². The van der Waals surface area contributed by atoms with Gasteiger partial charge in [-0.2, -0.15) is 0 Å². The van der Waals surface area contributed by atoms with Crippen LogP contribution in [-0.2, 0) is 6.54 Å². The maximum absolute atomic E-state index is 5.95. The van der Waals surface area contributed by atoms with Crippen LogP contribution in [-0.4, -0.2) is 0 Å². The Hall–Kier alpha value is -1.77. The molecule has 0 saturated carbocycles. The Morgan fingerprint density at radius 2 is 1.86 bits per heavy atom. The Kier molecular flexibility index (Phi) is 4.28. The third-order valence-corrected chi connectivity index (χ3v) is 4.03. The molecule has 1 atom stereocenters. The molecule has 2 nitrogen and oxygen atoms in total. The predicted molar refractivity (Wildman–Crippen MR) is 87.5 cm³/mol. The summed E-state index contributed by atoms with van der Waals surface area (Å²) in [5, 5.41) is 5.55. The molecular weight excluding hydrogens is 282 g/mol. The molecular formula is C18H18ClNO. The van der Waals surface area contributed by atoms with Gasteiger partial charge in [0, 0.05) is 28.6 Å². The van der Waals surface area contributed by atoms with E-state index in [9.17, 15) is 0 Å². The highest BCUT2D eigenvalue weighted by Crippen LogP contribution is 2.23. The Morgan fingerprint density at radius 3 is 2.62 bits per heavy atom. The zero-order valence-electron chi connectivity index (χ0n) is 12.0. The Bertz CT molecular complexity index is 717. The van der Waals surface area contributed by atoms with Gasteiger partial charge < -0.3 is 9.73 Å². The van der Waals surface area contributed by atoms with Gasteiger partial charge in [-0.15, -0.1) is 0 Å². The number of fused-ring (bicyclic) bond motifs is 1. The molecule has 1 heterocycles. The first-order valence-electron chi connectivity index (χ1n) is 7.22. The van der Waals surface area contributed by atoms with Gasteiger partial charge in [-0.25, -0.2) is 0 Å². The Labute approximate surface area is 129 Å². The monoisotopic (exact) mass is 299 g/mol. The normalized spacial score (nSPS) is 12.7. The summed E-state index contributed by atoms with van der Waals surface area (Å²) in [6.07, 6.45) is 2.86. The fraction of sp³-hybridized carbons (Fsp3) is 0.222. The number of nitrogens with one attached hydrogen (secondary N) is 1. The molecule has 0 saturated heterocycles. The quantitative estimate of drug-likeness (QED) is 0.689. The zero-order valence-corrected chi connectivity index (χ0v) is 12.7. The van der Waals surface area contributed by atoms with Gasteiger partial charge in [0.05, 0.1) is 6.26 Å². The van der Waals surface area contributed by atoms with Crippen molar-refractivity contribution < 1.29 is 4.42 Å². The van der Waals surface area contributed by atoms with Crippen molar-refractivity contribution in [3.8, 4) is 0 Å². The molecule has 2 aromatic carbocycles. The molecule has 0 radical (unpaired) electrons. The molecule has 108 valence electrons. The molecule has 0 fully saturated rings. The molecule has 3 rings (SSSR count). The lowest BCUT2D eigenvalue weighted by molar-refractivity contribution is 0.515. The van der Waals surface area contributed by atoms with E-state index < -0.39 is 0 Å². The van der Waals surface area contributed by atoms with Crippen molar-refractivity contribution in [1.29, 1.82) is 0 Å². The number of hydrogen-bond acceptors (Lipinski definition) is 2. The molecule has 1 unspecified atom stereocenters. The topological polar surface area (TPSA) is 25.2 Å². The highest BCUT2D eigenvalue weighted by Gasteiger charge is 2.11. The Morgan fingerprint density at radius 1 is 1.10 bits per heavy atom. The summed E-state index contributed by atoms with van der Waals surface area (Å²) in [5.41, 5.74) is 3.39. The van der Waals surface area contributed by atoms with Crippen molar-refractivity contribution in [3.63, 3.8) is 0 Å². The second-order valence-electron chi connectivity index (χ2n) is 5.15. The van der Waals surface area contributed by atoms with Gasteiger partial charge in [0.2, 0.25) is 0 Å². The van der Waals surface area contributed by atoms with E-state index in [2.05, 4.69) is 30.4 Å². The van der Waals surface area contributed by atoms with Gasteiger partial charge >= 0.3 is 0 Å². The summed E-state index contributed by atoms with van der Waals surface area (Å²) in [5.74, 6) is 0. The highest BCUT2D eigenvalue weighted by molar-refractivity contribution is 6.30. The standard InChI is InChI=1S/C18H18ClNO/c1-2-17(13-7-9-15(19)10-8-13)20-11-14-12-21-18-6-4-3-5-16(14)18/h3-10,12,17,20H,2,11H2,1H3. The highest BCUT2D eigenvalue weighted by atomic mass is 35.5. The van der Waals surface area contributed by atoms with Crippen LogP contribution in [0.2, 0.25) is 5.02 Å². The SMILES string of the molecule is CCC(NCc1coc2ccccc12)c1ccc(Cl)cc1. The fourth-order valence-corrected chi connectivity index (χ4v) is 2.72. The molecule has 3 heteroatoms. The van der Waals surface area contributed by atoms with Crippen LogP contribution < -0.4 is 5.32 Å². The molecule has 0 bridgehead atoms. The largest absolute Gasteiger partial charge is 0.464 e. The van der Waals surface area contributed by atoms with E-state index in [0.717, 1.165) is 23.6 Å². The van der Waals surface area contributed by atoms with Gasteiger partial charge in [0.25, 0.3) is 0 Å². The average Bonchev–Trinajstić information content (AvgIpc) is 2.93. The molecule has 0 aliphatic heterocycles. The van der Waals surface area contributed by atoms with E-state index in [4.69, 9.17) is 16.0 Å². The van der Waals surface area contributed by atoms with E-state index >= 15 is 0 Å². The maximum atomic E-state index is 5.95. The summed E-state index contributed by atoms with van der Waals surface area (Å²) >= 11 is 5.95. The van der Waals surface area contributed by atoms with Crippen molar-refractivity contribution in [3.05, 3.63) is 70.9 Å². The van der Waals surface area contributed by atoms with Crippen LogP contribution in [0.1, 0.15) is 30.5 Å². The second kappa shape index (κ2) is 6.33. The number of furan rings is 1. The van der Waals surface area contributed by atoms with Crippen LogP contribution >= 0.6 is 11.6 Å². The lowest BCUT2D eigenvalue weighted by Gasteiger charge is -2.17. The number of benzene rings is 2. The van der Waals surface area contributed by atoms with Crippen molar-refractivity contribution in [2.75, 3.05) is 0 Å². The molecule has 3 aromatic rings. The average molecular weight is 300 g/mol. The minimum absolute atomic E-state index is 0.316. The predicted octanol–water partition coefficient (Wildman–Crippen LogP) is 5.33. The summed E-state index contributed by atoms with van der Waals surface area (Å²) in [6.45, 7) is 2.97. The van der Waals surface area contributed by atoms with Crippen molar-refractivity contribution in [1.82, 2.24) is 5.32 Å². The van der Waals surface area contributed by atoms with E-state index in [1.807, 2.05) is 36.6 Å². The number of para-hydroxylation sites is 1. The van der Waals surface area contributed by atoms with Gasteiger partial charge in [-0.05, 0) is 30.2 Å². The lowest BCUT2D eigenvalue weighted by atomic mass is 10.0. The van der Waals surface area contributed by atoms with E-state index in [1.54, 1.807) is 0 Å². The zero-order chi connectivity index (χ0) is 14.7. The van der Waals surface area contributed by atoms with E-state index in [1.165, 1.54) is 16.5 Å². The third-order valence-electron chi connectivity index (χ3n) is 3.78. The molecule has 0 amide bonds.